The minimum atomic E-state index is -0.315. The molecule has 196 valence electrons. The van der Waals surface area contributed by atoms with Gasteiger partial charge in [0, 0.05) is 22.0 Å². The third-order valence-corrected chi connectivity index (χ3v) is 7.77. The molecule has 0 unspecified atom stereocenters. The molecule has 0 saturated heterocycles. The minimum Gasteiger partial charge on any atom is -0.352 e. The third-order valence-electron chi connectivity index (χ3n) is 6.28. The van der Waals surface area contributed by atoms with Gasteiger partial charge in [-0.1, -0.05) is 62.2 Å². The van der Waals surface area contributed by atoms with Crippen LogP contribution in [0, 0.1) is 13.8 Å². The molecule has 1 aliphatic rings. The molecule has 1 aromatic heterocycles. The van der Waals surface area contributed by atoms with Crippen LogP contribution in [0.3, 0.4) is 0 Å². The first-order valence-corrected chi connectivity index (χ1v) is 14.0. The monoisotopic (exact) mass is 538 g/mol. The summed E-state index contributed by atoms with van der Waals surface area (Å²) in [7, 11) is 0. The number of aryl methyl sites for hydroxylation is 2. The van der Waals surface area contributed by atoms with Crippen LogP contribution in [0.1, 0.15) is 67.8 Å². The summed E-state index contributed by atoms with van der Waals surface area (Å²) in [4.78, 5) is 28.3. The maximum absolute atomic E-state index is 13.7. The highest BCUT2D eigenvalue weighted by atomic mass is 35.5. The van der Waals surface area contributed by atoms with E-state index in [4.69, 9.17) is 16.7 Å². The van der Waals surface area contributed by atoms with Gasteiger partial charge < -0.3 is 5.32 Å². The lowest BCUT2D eigenvalue weighted by molar-refractivity contribution is -0.123. The summed E-state index contributed by atoms with van der Waals surface area (Å²) in [5, 5.41) is 8.57. The molecule has 0 fully saturated rings. The summed E-state index contributed by atoms with van der Waals surface area (Å²) >= 11 is 7.96. The Morgan fingerprint density at radius 3 is 2.54 bits per heavy atom. The highest BCUT2D eigenvalue weighted by Gasteiger charge is 2.40. The number of carbonyl (C=O) groups excluding carboxylic acids is 2. The normalized spacial score (nSPS) is 16.1. The van der Waals surface area contributed by atoms with Crippen molar-refractivity contribution in [2.24, 2.45) is 0 Å². The smallest absolute Gasteiger partial charge is 0.240 e. The summed E-state index contributed by atoms with van der Waals surface area (Å²) in [6.45, 7) is 14.2. The number of hydrogen-bond donors (Lipinski definition) is 1. The Labute approximate surface area is 228 Å². The average molecular weight is 539 g/mol. The van der Waals surface area contributed by atoms with Crippen molar-refractivity contribution < 1.29 is 9.59 Å². The standard InChI is InChI=1S/C29H35ClN4O2S/c1-17(2)31-23(35)15-33-24(36)16-37-26(20-9-8-10-21(30)14-20)25-27(29(5,6)7)32-34(28(25)33)22-12-11-18(3)13-19(22)4/h8-14,17,26H,15-16H2,1-7H3,(H,31,35)/t26-/m1/s1. The molecule has 37 heavy (non-hydrogen) atoms. The highest BCUT2D eigenvalue weighted by Crippen LogP contribution is 2.48. The second-order valence-corrected chi connectivity index (χ2v) is 12.5. The molecule has 6 nitrogen and oxygen atoms in total. The van der Waals surface area contributed by atoms with Crippen molar-refractivity contribution in [3.8, 4) is 5.69 Å². The number of hydrogen-bond acceptors (Lipinski definition) is 4. The fourth-order valence-electron chi connectivity index (χ4n) is 4.73. The molecule has 1 aliphatic heterocycles. The molecule has 2 amide bonds. The Kier molecular flexibility index (Phi) is 7.77. The summed E-state index contributed by atoms with van der Waals surface area (Å²) in [6.07, 6.45) is 0. The first-order chi connectivity index (χ1) is 17.4. The van der Waals surface area contributed by atoms with Crippen LogP contribution in [0.5, 0.6) is 0 Å². The molecule has 4 rings (SSSR count). The summed E-state index contributed by atoms with van der Waals surface area (Å²) in [6, 6.07) is 13.9. The van der Waals surface area contributed by atoms with E-state index in [0.29, 0.717) is 10.8 Å². The Balaban J connectivity index is 2.04. The molecule has 0 aliphatic carbocycles. The van der Waals surface area contributed by atoms with E-state index in [1.807, 2.05) is 61.9 Å². The van der Waals surface area contributed by atoms with E-state index < -0.39 is 0 Å². The number of carbonyl (C=O) groups is 2. The van der Waals surface area contributed by atoms with Crippen LogP contribution in [0.15, 0.2) is 42.5 Å². The zero-order valence-electron chi connectivity index (χ0n) is 22.6. The SMILES string of the molecule is Cc1ccc(-n2nc(C(C)(C)C)c3c2N(CC(=O)NC(C)C)C(=O)CS[C@@H]3c2cccc(Cl)c2)c(C)c1. The molecule has 0 spiro atoms. The fraction of sp³-hybridized carbons (Fsp3) is 0.414. The van der Waals surface area contributed by atoms with Crippen LogP contribution in [0.25, 0.3) is 5.69 Å². The van der Waals surface area contributed by atoms with E-state index in [1.165, 1.54) is 0 Å². The van der Waals surface area contributed by atoms with E-state index in [-0.39, 0.29) is 40.8 Å². The van der Waals surface area contributed by atoms with Gasteiger partial charge in [-0.05, 0) is 57.0 Å². The predicted molar refractivity (Wildman–Crippen MR) is 153 cm³/mol. The average Bonchev–Trinajstić information content (AvgIpc) is 3.11. The van der Waals surface area contributed by atoms with E-state index in [1.54, 1.807) is 16.7 Å². The lowest BCUT2D eigenvalue weighted by Crippen LogP contribution is -2.44. The quantitative estimate of drug-likeness (QED) is 0.424. The molecule has 2 aromatic carbocycles. The summed E-state index contributed by atoms with van der Waals surface area (Å²) in [5.41, 5.74) is 5.60. The van der Waals surface area contributed by atoms with Crippen molar-refractivity contribution in [3.05, 3.63) is 75.4 Å². The van der Waals surface area contributed by atoms with E-state index in [2.05, 4.69) is 39.1 Å². The maximum Gasteiger partial charge on any atom is 0.240 e. The number of anilines is 1. The van der Waals surface area contributed by atoms with Crippen LogP contribution in [-0.4, -0.2) is 39.9 Å². The summed E-state index contributed by atoms with van der Waals surface area (Å²) in [5.74, 6) is 0.556. The first-order valence-electron chi connectivity index (χ1n) is 12.5. The molecular formula is C29H35ClN4O2S. The van der Waals surface area contributed by atoms with Gasteiger partial charge in [-0.2, -0.15) is 5.10 Å². The van der Waals surface area contributed by atoms with Gasteiger partial charge >= 0.3 is 0 Å². The van der Waals surface area contributed by atoms with Crippen molar-refractivity contribution >= 4 is 41.0 Å². The van der Waals surface area contributed by atoms with Crippen molar-refractivity contribution in [1.29, 1.82) is 0 Å². The molecule has 2 heterocycles. The predicted octanol–water partition coefficient (Wildman–Crippen LogP) is 6.13. The lowest BCUT2D eigenvalue weighted by Gasteiger charge is -2.25. The van der Waals surface area contributed by atoms with Crippen molar-refractivity contribution in [2.75, 3.05) is 17.2 Å². The second kappa shape index (κ2) is 10.5. The zero-order chi connectivity index (χ0) is 27.1. The fourth-order valence-corrected chi connectivity index (χ4v) is 6.11. The Morgan fingerprint density at radius 1 is 1.19 bits per heavy atom. The van der Waals surface area contributed by atoms with Gasteiger partial charge in [0.2, 0.25) is 11.8 Å². The number of halogens is 1. The molecule has 1 atom stereocenters. The van der Waals surface area contributed by atoms with Gasteiger partial charge in [-0.3, -0.25) is 14.5 Å². The summed E-state index contributed by atoms with van der Waals surface area (Å²) < 4.78 is 1.87. The number of nitrogens with zero attached hydrogens (tertiary/aromatic N) is 3. The van der Waals surface area contributed by atoms with Crippen molar-refractivity contribution in [3.63, 3.8) is 0 Å². The maximum atomic E-state index is 13.7. The van der Waals surface area contributed by atoms with E-state index in [9.17, 15) is 9.59 Å². The van der Waals surface area contributed by atoms with Gasteiger partial charge in [0.1, 0.15) is 12.4 Å². The highest BCUT2D eigenvalue weighted by molar-refractivity contribution is 8.00. The van der Waals surface area contributed by atoms with E-state index >= 15 is 0 Å². The van der Waals surface area contributed by atoms with Crippen LogP contribution in [0.2, 0.25) is 5.02 Å². The van der Waals surface area contributed by atoms with Crippen LogP contribution >= 0.6 is 23.4 Å². The van der Waals surface area contributed by atoms with Gasteiger partial charge in [-0.15, -0.1) is 11.8 Å². The molecule has 0 bridgehead atoms. The second-order valence-electron chi connectivity index (χ2n) is 11.0. The Morgan fingerprint density at radius 2 is 1.92 bits per heavy atom. The number of rotatable bonds is 5. The molecule has 0 radical (unpaired) electrons. The number of amides is 2. The number of nitrogens with one attached hydrogen (secondary N) is 1. The first kappa shape index (κ1) is 27.3. The molecule has 3 aromatic rings. The van der Waals surface area contributed by atoms with E-state index in [0.717, 1.165) is 33.6 Å². The minimum absolute atomic E-state index is 0.0305. The van der Waals surface area contributed by atoms with Gasteiger partial charge in [0.15, 0.2) is 0 Å². The van der Waals surface area contributed by atoms with Crippen molar-refractivity contribution in [2.45, 2.75) is 65.2 Å². The van der Waals surface area contributed by atoms with Gasteiger partial charge in [0.05, 0.1) is 22.4 Å². The number of thioether (sulfide) groups is 1. The van der Waals surface area contributed by atoms with Gasteiger partial charge in [0.25, 0.3) is 0 Å². The van der Waals surface area contributed by atoms with Gasteiger partial charge in [-0.25, -0.2) is 4.68 Å². The van der Waals surface area contributed by atoms with Crippen LogP contribution in [0.4, 0.5) is 5.82 Å². The molecule has 8 heteroatoms. The lowest BCUT2D eigenvalue weighted by atomic mass is 9.87. The Hall–Kier alpha value is -2.77. The Bertz CT molecular complexity index is 1340. The van der Waals surface area contributed by atoms with Crippen LogP contribution < -0.4 is 10.2 Å². The topological polar surface area (TPSA) is 67.2 Å². The van der Waals surface area contributed by atoms with Crippen LogP contribution in [-0.2, 0) is 15.0 Å². The largest absolute Gasteiger partial charge is 0.352 e. The third kappa shape index (κ3) is 5.73. The zero-order valence-corrected chi connectivity index (χ0v) is 24.1. The molecular weight excluding hydrogens is 504 g/mol. The molecule has 0 saturated carbocycles. The molecule has 1 N–H and O–H groups in total. The number of fused-ring (bicyclic) bond motifs is 1. The number of benzene rings is 2. The number of aromatic nitrogens is 2. The van der Waals surface area contributed by atoms with Crippen molar-refractivity contribution in [1.82, 2.24) is 15.1 Å².